The van der Waals surface area contributed by atoms with Crippen LogP contribution >= 0.6 is 15.9 Å². The van der Waals surface area contributed by atoms with Crippen molar-refractivity contribution in [2.75, 3.05) is 19.6 Å². The van der Waals surface area contributed by atoms with Crippen LogP contribution in [0.2, 0.25) is 0 Å². The molecular formula is C15H19BrN4O5S. The van der Waals surface area contributed by atoms with Crippen molar-refractivity contribution in [3.63, 3.8) is 0 Å². The summed E-state index contributed by atoms with van der Waals surface area (Å²) in [5.74, 6) is -1.28. The van der Waals surface area contributed by atoms with E-state index in [9.17, 15) is 23.2 Å². The van der Waals surface area contributed by atoms with E-state index in [1.165, 1.54) is 4.90 Å². The molecule has 2 fully saturated rings. The zero-order valence-electron chi connectivity index (χ0n) is 13.8. The topological polar surface area (TPSA) is 124 Å². The third-order valence-corrected chi connectivity index (χ3v) is 6.26. The van der Waals surface area contributed by atoms with Crippen molar-refractivity contribution in [2.24, 2.45) is 11.1 Å². The number of hydroxylamine groups is 2. The molecule has 0 radical (unpaired) electrons. The number of amides is 2. The molecule has 26 heavy (non-hydrogen) atoms. The molecule has 142 valence electrons. The van der Waals surface area contributed by atoms with Gasteiger partial charge in [0.2, 0.25) is 5.91 Å². The molecular weight excluding hydrogens is 428 g/mol. The lowest BCUT2D eigenvalue weighted by Gasteiger charge is -2.33. The molecule has 2 heterocycles. The lowest BCUT2D eigenvalue weighted by molar-refractivity contribution is -0.173. The van der Waals surface area contributed by atoms with E-state index < -0.39 is 28.2 Å². The monoisotopic (exact) mass is 446 g/mol. The second kappa shape index (κ2) is 7.24. The van der Waals surface area contributed by atoms with E-state index in [2.05, 4.69) is 15.9 Å². The summed E-state index contributed by atoms with van der Waals surface area (Å²) in [6.07, 6.45) is -0.267. The average molecular weight is 447 g/mol. The Morgan fingerprint density at radius 3 is 2.50 bits per heavy atom. The Morgan fingerprint density at radius 1 is 1.27 bits per heavy atom. The third kappa shape index (κ3) is 3.76. The van der Waals surface area contributed by atoms with E-state index in [1.807, 2.05) is 0 Å². The number of rotatable bonds is 3. The molecule has 1 aromatic rings. The number of halogens is 1. The van der Waals surface area contributed by atoms with Crippen LogP contribution < -0.4 is 5.14 Å². The van der Waals surface area contributed by atoms with Gasteiger partial charge in [0.25, 0.3) is 16.1 Å². The van der Waals surface area contributed by atoms with Crippen LogP contribution in [0.25, 0.3) is 0 Å². The van der Waals surface area contributed by atoms with E-state index in [0.29, 0.717) is 23.5 Å². The maximum absolute atomic E-state index is 12.9. The summed E-state index contributed by atoms with van der Waals surface area (Å²) in [6.45, 7) is 0.0880. The number of carbonyl (C=O) groups is 2. The van der Waals surface area contributed by atoms with Gasteiger partial charge in [-0.2, -0.15) is 17.8 Å². The van der Waals surface area contributed by atoms with Gasteiger partial charge in [-0.1, -0.05) is 28.1 Å². The number of piperidine rings is 1. The molecule has 2 aliphatic heterocycles. The molecule has 0 aromatic heterocycles. The van der Waals surface area contributed by atoms with E-state index >= 15 is 0 Å². The van der Waals surface area contributed by atoms with Crippen LogP contribution in [0, 0.1) is 5.92 Å². The Hall–Kier alpha value is -1.53. The van der Waals surface area contributed by atoms with Gasteiger partial charge in [0.15, 0.2) is 6.17 Å². The normalized spacial score (nSPS) is 22.9. The van der Waals surface area contributed by atoms with Crippen molar-refractivity contribution in [3.05, 3.63) is 34.3 Å². The van der Waals surface area contributed by atoms with Crippen LogP contribution in [0.4, 0.5) is 0 Å². The first-order chi connectivity index (χ1) is 12.2. The predicted molar refractivity (Wildman–Crippen MR) is 94.6 cm³/mol. The Bertz CT molecular complexity index is 825. The van der Waals surface area contributed by atoms with Crippen molar-refractivity contribution in [3.8, 4) is 0 Å². The summed E-state index contributed by atoms with van der Waals surface area (Å²) in [4.78, 5) is 26.3. The van der Waals surface area contributed by atoms with Crippen molar-refractivity contribution >= 4 is 38.0 Å². The number of nitrogens with zero attached hydrogens (tertiary/aromatic N) is 3. The van der Waals surface area contributed by atoms with Crippen molar-refractivity contribution < 1.29 is 23.2 Å². The Morgan fingerprint density at radius 2 is 1.92 bits per heavy atom. The van der Waals surface area contributed by atoms with Gasteiger partial charge >= 0.3 is 0 Å². The van der Waals surface area contributed by atoms with Crippen LogP contribution in [0.3, 0.4) is 0 Å². The number of benzene rings is 1. The van der Waals surface area contributed by atoms with Crippen LogP contribution in [-0.4, -0.2) is 59.3 Å². The summed E-state index contributed by atoms with van der Waals surface area (Å²) in [5, 5.41) is 15.8. The minimum atomic E-state index is -3.77. The van der Waals surface area contributed by atoms with Gasteiger partial charge in [-0.15, -0.1) is 0 Å². The zero-order valence-corrected chi connectivity index (χ0v) is 16.2. The highest BCUT2D eigenvalue weighted by atomic mass is 79.9. The summed E-state index contributed by atoms with van der Waals surface area (Å²) >= 11 is 3.34. The fraction of sp³-hybridized carbons (Fsp3) is 0.467. The van der Waals surface area contributed by atoms with Gasteiger partial charge in [-0.25, -0.2) is 5.14 Å². The number of hydrogen-bond acceptors (Lipinski definition) is 5. The fourth-order valence-electron chi connectivity index (χ4n) is 3.35. The Kier molecular flexibility index (Phi) is 5.35. The molecule has 9 nitrogen and oxygen atoms in total. The fourth-order valence-corrected chi connectivity index (χ4v) is 4.49. The quantitative estimate of drug-likeness (QED) is 0.651. The maximum atomic E-state index is 12.9. The summed E-state index contributed by atoms with van der Waals surface area (Å²) < 4.78 is 24.7. The first-order valence-electron chi connectivity index (χ1n) is 8.03. The first-order valence-corrected chi connectivity index (χ1v) is 10.3. The van der Waals surface area contributed by atoms with Crippen LogP contribution in [0.15, 0.2) is 28.7 Å². The second-order valence-corrected chi connectivity index (χ2v) is 8.81. The third-order valence-electron chi connectivity index (χ3n) is 4.68. The van der Waals surface area contributed by atoms with Crippen LogP contribution in [0.1, 0.15) is 24.6 Å². The largest absolute Gasteiger partial charge is 0.306 e. The molecule has 11 heteroatoms. The molecule has 2 saturated heterocycles. The summed E-state index contributed by atoms with van der Waals surface area (Å²) in [6, 6.07) is 7.01. The van der Waals surface area contributed by atoms with Gasteiger partial charge < -0.3 is 4.90 Å². The zero-order chi connectivity index (χ0) is 19.1. The molecule has 0 saturated carbocycles. The number of nitrogens with two attached hydrogens (primary N) is 1. The van der Waals surface area contributed by atoms with Crippen LogP contribution in [-0.2, 0) is 19.8 Å². The Labute approximate surface area is 159 Å². The predicted octanol–water partition coefficient (Wildman–Crippen LogP) is 0.423. The molecule has 1 aromatic carbocycles. The van der Waals surface area contributed by atoms with Crippen molar-refractivity contribution in [1.29, 1.82) is 0 Å². The van der Waals surface area contributed by atoms with E-state index in [-0.39, 0.29) is 25.5 Å². The molecule has 2 aliphatic rings. The van der Waals surface area contributed by atoms with Gasteiger partial charge in [0.05, 0.1) is 0 Å². The maximum Gasteiger partial charge on any atom is 0.276 e. The van der Waals surface area contributed by atoms with E-state index in [4.69, 9.17) is 5.14 Å². The molecule has 2 amide bonds. The first kappa shape index (κ1) is 19.2. The van der Waals surface area contributed by atoms with E-state index in [1.54, 1.807) is 24.3 Å². The Balaban J connectivity index is 1.78. The van der Waals surface area contributed by atoms with Crippen LogP contribution in [0.5, 0.6) is 0 Å². The molecule has 1 unspecified atom stereocenters. The molecule has 0 aliphatic carbocycles. The minimum Gasteiger partial charge on any atom is -0.306 e. The molecule has 0 spiro atoms. The second-order valence-electron chi connectivity index (χ2n) is 6.35. The lowest BCUT2D eigenvalue weighted by atomic mass is 9.96. The number of carbonyl (C=O) groups excluding carboxylic acids is 2. The van der Waals surface area contributed by atoms with Gasteiger partial charge in [0, 0.05) is 23.5 Å². The molecule has 0 bridgehead atoms. The summed E-state index contributed by atoms with van der Waals surface area (Å²) in [5.41, 5.74) is 0.600. The highest BCUT2D eigenvalue weighted by Crippen LogP contribution is 2.33. The minimum absolute atomic E-state index is 0.154. The molecule has 3 N–H and O–H groups in total. The number of hydrogen-bond donors (Lipinski definition) is 2. The van der Waals surface area contributed by atoms with Gasteiger partial charge in [-0.05, 0) is 30.5 Å². The van der Waals surface area contributed by atoms with Crippen molar-refractivity contribution in [1.82, 2.24) is 14.3 Å². The highest BCUT2D eigenvalue weighted by Gasteiger charge is 2.44. The van der Waals surface area contributed by atoms with Gasteiger partial charge in [0.1, 0.15) is 6.54 Å². The summed E-state index contributed by atoms with van der Waals surface area (Å²) in [7, 11) is -3.77. The average Bonchev–Trinajstić information content (AvgIpc) is 2.89. The lowest BCUT2D eigenvalue weighted by Crippen LogP contribution is -2.46. The standard InChI is InChI=1S/C15H19BrN4O5S/c16-12-3-1-2-11(8-12)14-19(9-13(21)20(14)23)15(22)10-4-6-18(7-5-10)26(17,24)25/h1-3,8,10,14,23H,4-7,9H2,(H2,17,24,25). The smallest absolute Gasteiger partial charge is 0.276 e. The highest BCUT2D eigenvalue weighted by molar-refractivity contribution is 9.10. The SMILES string of the molecule is NS(=O)(=O)N1CCC(C(=O)N2CC(=O)N(O)C2c2cccc(Br)c2)CC1. The molecule has 3 rings (SSSR count). The van der Waals surface area contributed by atoms with Crippen molar-refractivity contribution in [2.45, 2.75) is 19.0 Å². The van der Waals surface area contributed by atoms with Gasteiger partial charge in [-0.3, -0.25) is 14.8 Å². The molecule has 1 atom stereocenters. The van der Waals surface area contributed by atoms with E-state index in [0.717, 1.165) is 8.78 Å².